The van der Waals surface area contributed by atoms with E-state index >= 15 is 0 Å². The van der Waals surface area contributed by atoms with E-state index in [2.05, 4.69) is 19.9 Å². The number of halogens is 3. The van der Waals surface area contributed by atoms with Crippen molar-refractivity contribution < 1.29 is 23.0 Å². The van der Waals surface area contributed by atoms with Crippen LogP contribution < -0.4 is 4.90 Å². The van der Waals surface area contributed by atoms with Gasteiger partial charge in [0.2, 0.25) is 0 Å². The molecule has 4 rings (SSSR count). The van der Waals surface area contributed by atoms with Crippen LogP contribution in [0.1, 0.15) is 19.5 Å². The average molecular weight is 407 g/mol. The van der Waals surface area contributed by atoms with Gasteiger partial charge in [-0.25, -0.2) is 15.0 Å². The highest BCUT2D eigenvalue weighted by Crippen LogP contribution is 2.39. The fourth-order valence-electron chi connectivity index (χ4n) is 3.32. The number of alkyl halides is 3. The van der Waals surface area contributed by atoms with Crippen LogP contribution in [0.15, 0.2) is 30.6 Å². The van der Waals surface area contributed by atoms with E-state index in [0.29, 0.717) is 49.1 Å². The molecule has 1 fully saturated rings. The highest BCUT2D eigenvalue weighted by atomic mass is 19.4. The first-order valence-corrected chi connectivity index (χ1v) is 9.14. The molecule has 1 aliphatic heterocycles. The molecule has 1 aliphatic rings. The van der Waals surface area contributed by atoms with Crippen molar-refractivity contribution in [3.63, 3.8) is 0 Å². The molecule has 4 heterocycles. The molecule has 0 amide bonds. The van der Waals surface area contributed by atoms with Crippen molar-refractivity contribution >= 4 is 16.9 Å². The summed E-state index contributed by atoms with van der Waals surface area (Å²) in [4.78, 5) is 17.7. The third kappa shape index (κ3) is 3.42. The second kappa shape index (κ2) is 6.96. The van der Waals surface area contributed by atoms with Gasteiger partial charge in [0.05, 0.1) is 24.9 Å². The van der Waals surface area contributed by atoms with E-state index in [-0.39, 0.29) is 11.9 Å². The summed E-state index contributed by atoms with van der Waals surface area (Å²) >= 11 is 0. The van der Waals surface area contributed by atoms with Crippen LogP contribution in [-0.4, -0.2) is 57.0 Å². The lowest BCUT2D eigenvalue weighted by Gasteiger charge is -2.35. The van der Waals surface area contributed by atoms with Crippen molar-refractivity contribution in [2.45, 2.75) is 31.7 Å². The minimum Gasteiger partial charge on any atom is -0.377 e. The summed E-state index contributed by atoms with van der Waals surface area (Å²) in [5.74, 6) is 0.401. The minimum atomic E-state index is -4.89. The van der Waals surface area contributed by atoms with Crippen molar-refractivity contribution in [3.8, 4) is 11.4 Å². The molecule has 0 bridgehead atoms. The monoisotopic (exact) mass is 407 g/mol. The van der Waals surface area contributed by atoms with Gasteiger partial charge in [0.25, 0.3) is 0 Å². The smallest absolute Gasteiger partial charge is 0.377 e. The largest absolute Gasteiger partial charge is 0.422 e. The molecular weight excluding hydrogens is 387 g/mol. The zero-order chi connectivity index (χ0) is 20.8. The Morgan fingerprint density at radius 1 is 1.28 bits per heavy atom. The molecule has 1 unspecified atom stereocenters. The molecule has 7 nitrogen and oxygen atoms in total. The van der Waals surface area contributed by atoms with Crippen LogP contribution in [0.4, 0.5) is 19.0 Å². The first kappa shape index (κ1) is 19.6. The average Bonchev–Trinajstić information content (AvgIpc) is 3.16. The van der Waals surface area contributed by atoms with Crippen molar-refractivity contribution in [1.29, 1.82) is 0 Å². The molecular formula is C19H20F3N5O2. The van der Waals surface area contributed by atoms with Crippen molar-refractivity contribution in [1.82, 2.24) is 19.9 Å². The number of H-pyrrole nitrogens is 1. The molecule has 3 aromatic heterocycles. The number of hydrogen-bond donors (Lipinski definition) is 2. The van der Waals surface area contributed by atoms with E-state index < -0.39 is 17.5 Å². The lowest BCUT2D eigenvalue weighted by atomic mass is 10.0. The Bertz CT molecular complexity index is 1030. The topological polar surface area (TPSA) is 87.2 Å². The highest BCUT2D eigenvalue weighted by molar-refractivity contribution is 5.91. The van der Waals surface area contributed by atoms with Crippen LogP contribution in [0, 0.1) is 0 Å². The number of aromatic nitrogens is 4. The van der Waals surface area contributed by atoms with Gasteiger partial charge >= 0.3 is 6.18 Å². The summed E-state index contributed by atoms with van der Waals surface area (Å²) in [5.41, 5.74) is -2.54. The lowest BCUT2D eigenvalue weighted by molar-refractivity contribution is -0.260. The number of pyridine rings is 1. The number of nitrogens with one attached hydrogen (secondary N) is 1. The van der Waals surface area contributed by atoms with Crippen molar-refractivity contribution in [2.24, 2.45) is 0 Å². The zero-order valence-corrected chi connectivity index (χ0v) is 15.9. The molecule has 0 aromatic carbocycles. The third-order valence-electron chi connectivity index (χ3n) is 5.13. The van der Waals surface area contributed by atoms with E-state index in [4.69, 9.17) is 4.74 Å². The minimum absolute atomic E-state index is 0.0834. The third-order valence-corrected chi connectivity index (χ3v) is 5.13. The van der Waals surface area contributed by atoms with E-state index in [1.807, 2.05) is 11.8 Å². The van der Waals surface area contributed by atoms with Crippen molar-refractivity contribution in [3.05, 3.63) is 36.3 Å². The molecule has 3 aromatic rings. The summed E-state index contributed by atoms with van der Waals surface area (Å²) in [6.07, 6.45) is -1.68. The quantitative estimate of drug-likeness (QED) is 0.694. The molecule has 0 aliphatic carbocycles. The van der Waals surface area contributed by atoms with Gasteiger partial charge in [-0.15, -0.1) is 0 Å². The Kier molecular flexibility index (Phi) is 4.70. The van der Waals surface area contributed by atoms with Crippen LogP contribution in [0.5, 0.6) is 0 Å². The number of rotatable bonds is 3. The number of ether oxygens (including phenoxy) is 1. The lowest BCUT2D eigenvalue weighted by Crippen LogP contribution is -2.45. The SMILES string of the molecule is C[C@@H]1COCCN1c1cc(C(C)(O)C(F)(F)F)nc(-c2ccnc3[nH]ccc23)n1. The molecule has 10 heteroatoms. The van der Waals surface area contributed by atoms with Gasteiger partial charge in [0.15, 0.2) is 11.4 Å². The van der Waals surface area contributed by atoms with Gasteiger partial charge in [-0.3, -0.25) is 0 Å². The van der Waals surface area contributed by atoms with E-state index in [1.54, 1.807) is 18.3 Å². The molecule has 0 saturated carbocycles. The second-order valence-electron chi connectivity index (χ2n) is 7.22. The Hall–Kier alpha value is -2.72. The van der Waals surface area contributed by atoms with Crippen LogP contribution >= 0.6 is 0 Å². The zero-order valence-electron chi connectivity index (χ0n) is 15.9. The predicted molar refractivity (Wildman–Crippen MR) is 100 cm³/mol. The van der Waals surface area contributed by atoms with E-state index in [9.17, 15) is 18.3 Å². The molecule has 29 heavy (non-hydrogen) atoms. The number of morpholine rings is 1. The van der Waals surface area contributed by atoms with Gasteiger partial charge in [-0.05, 0) is 26.0 Å². The summed E-state index contributed by atoms with van der Waals surface area (Å²) in [6.45, 7) is 3.94. The van der Waals surface area contributed by atoms with Crippen LogP contribution in [0.3, 0.4) is 0 Å². The van der Waals surface area contributed by atoms with Crippen LogP contribution in [0.25, 0.3) is 22.4 Å². The summed E-state index contributed by atoms with van der Waals surface area (Å²) in [6, 6.07) is 4.52. The first-order valence-electron chi connectivity index (χ1n) is 9.14. The Morgan fingerprint density at radius 2 is 2.07 bits per heavy atom. The number of anilines is 1. The van der Waals surface area contributed by atoms with Crippen LogP contribution in [0.2, 0.25) is 0 Å². The molecule has 2 atom stereocenters. The maximum absolute atomic E-state index is 13.5. The second-order valence-corrected chi connectivity index (χ2v) is 7.22. The fourth-order valence-corrected chi connectivity index (χ4v) is 3.32. The predicted octanol–water partition coefficient (Wildman–Crippen LogP) is 3.01. The molecule has 2 N–H and O–H groups in total. The fraction of sp³-hybridized carbons (Fsp3) is 0.421. The van der Waals surface area contributed by atoms with Crippen LogP contribution in [-0.2, 0) is 10.3 Å². The highest BCUT2D eigenvalue weighted by Gasteiger charge is 2.52. The van der Waals surface area contributed by atoms with Gasteiger partial charge in [0, 0.05) is 36.0 Å². The molecule has 0 radical (unpaired) electrons. The number of fused-ring (bicyclic) bond motifs is 1. The maximum Gasteiger partial charge on any atom is 0.422 e. The van der Waals surface area contributed by atoms with Gasteiger partial charge in [-0.1, -0.05) is 0 Å². The summed E-state index contributed by atoms with van der Waals surface area (Å²) < 4.78 is 46.1. The van der Waals surface area contributed by atoms with Crippen molar-refractivity contribution in [2.75, 3.05) is 24.7 Å². The number of aliphatic hydroxyl groups is 1. The Morgan fingerprint density at radius 3 is 2.79 bits per heavy atom. The van der Waals surface area contributed by atoms with Gasteiger partial charge in [-0.2, -0.15) is 13.2 Å². The number of hydrogen-bond acceptors (Lipinski definition) is 6. The normalized spacial score (nSPS) is 20.1. The van der Waals surface area contributed by atoms with Gasteiger partial charge < -0.3 is 19.7 Å². The summed E-state index contributed by atoms with van der Waals surface area (Å²) in [7, 11) is 0. The van der Waals surface area contributed by atoms with E-state index in [1.165, 1.54) is 12.3 Å². The molecule has 1 saturated heterocycles. The first-order chi connectivity index (χ1) is 13.7. The standard InChI is InChI=1S/C19H20F3N5O2/c1-11-10-29-8-7-27(11)15-9-14(18(2,28)19(20,21)22)25-17(26-15)13-4-6-24-16-12(13)3-5-23-16/h3-6,9,11,28H,7-8,10H2,1-2H3,(H,23,24)/t11-,18?/m1/s1. The summed E-state index contributed by atoms with van der Waals surface area (Å²) in [5, 5.41) is 11.0. The molecule has 0 spiro atoms. The number of nitrogens with zero attached hydrogens (tertiary/aromatic N) is 4. The van der Waals surface area contributed by atoms with Gasteiger partial charge in [0.1, 0.15) is 11.5 Å². The van der Waals surface area contributed by atoms with E-state index in [0.717, 1.165) is 0 Å². The number of aromatic amines is 1. The Balaban J connectivity index is 1.92. The molecule has 154 valence electrons. The Labute approximate surface area is 164 Å². The maximum atomic E-state index is 13.5.